The van der Waals surface area contributed by atoms with Crippen LogP contribution in [0.3, 0.4) is 0 Å². The number of hydrogen-bond acceptors (Lipinski definition) is 3. The number of nitrogens with one attached hydrogen (secondary N) is 3. The van der Waals surface area contributed by atoms with Gasteiger partial charge in [-0.25, -0.2) is 9.59 Å². The van der Waals surface area contributed by atoms with Crippen LogP contribution in [0.15, 0.2) is 0 Å². The van der Waals surface area contributed by atoms with Gasteiger partial charge in [-0.1, -0.05) is 20.3 Å². The predicted octanol–water partition coefficient (Wildman–Crippen LogP) is -0.0790. The summed E-state index contributed by atoms with van der Waals surface area (Å²) >= 11 is 0. The average molecular weight is 259 g/mol. The molecule has 0 radical (unpaired) electrons. The van der Waals surface area contributed by atoms with Gasteiger partial charge in [0.15, 0.2) is 0 Å². The van der Waals surface area contributed by atoms with Crippen LogP contribution in [-0.2, 0) is 9.59 Å². The highest BCUT2D eigenvalue weighted by molar-refractivity contribution is 5.82. The van der Waals surface area contributed by atoms with Gasteiger partial charge in [-0.3, -0.25) is 4.79 Å². The zero-order valence-corrected chi connectivity index (χ0v) is 10.9. The highest BCUT2D eigenvalue weighted by Crippen LogP contribution is 2.07. The van der Waals surface area contributed by atoms with E-state index in [0.717, 1.165) is 0 Å². The van der Waals surface area contributed by atoms with Gasteiger partial charge >= 0.3 is 12.0 Å². The third kappa shape index (κ3) is 6.72. The van der Waals surface area contributed by atoms with Crippen LogP contribution in [0, 0.1) is 5.92 Å². The quantitative estimate of drug-likeness (QED) is 0.480. The second kappa shape index (κ2) is 8.32. The Morgan fingerprint density at radius 3 is 2.17 bits per heavy atom. The van der Waals surface area contributed by atoms with Crippen LogP contribution in [0.25, 0.3) is 0 Å². The number of rotatable bonds is 7. The van der Waals surface area contributed by atoms with E-state index in [1.807, 2.05) is 6.92 Å². The Bertz CT molecular complexity index is 307. The molecule has 0 aromatic rings. The van der Waals surface area contributed by atoms with Crippen molar-refractivity contribution in [2.75, 3.05) is 13.1 Å². The topological polar surface area (TPSA) is 108 Å². The van der Waals surface area contributed by atoms with Gasteiger partial charge in [-0.2, -0.15) is 0 Å². The molecule has 0 aromatic carbocycles. The van der Waals surface area contributed by atoms with Crippen LogP contribution < -0.4 is 16.0 Å². The summed E-state index contributed by atoms with van der Waals surface area (Å²) in [5.41, 5.74) is 0. The average Bonchev–Trinajstić information content (AvgIpc) is 2.30. The Kier molecular flexibility index (Phi) is 7.50. The summed E-state index contributed by atoms with van der Waals surface area (Å²) in [5.74, 6) is -1.38. The molecule has 4 N–H and O–H groups in total. The van der Waals surface area contributed by atoms with Crippen molar-refractivity contribution in [1.82, 2.24) is 16.0 Å². The third-order valence-electron chi connectivity index (χ3n) is 2.55. The molecule has 0 aliphatic rings. The van der Waals surface area contributed by atoms with E-state index in [4.69, 9.17) is 5.11 Å². The third-order valence-corrected chi connectivity index (χ3v) is 2.55. The van der Waals surface area contributed by atoms with Crippen molar-refractivity contribution in [2.24, 2.45) is 5.92 Å². The summed E-state index contributed by atoms with van der Waals surface area (Å²) in [6.07, 6.45) is 0.656. The summed E-state index contributed by atoms with van der Waals surface area (Å²) in [4.78, 5) is 32.9. The number of urea groups is 1. The van der Waals surface area contributed by atoms with E-state index in [2.05, 4.69) is 16.0 Å². The first-order valence-electron chi connectivity index (χ1n) is 5.90. The maximum atomic E-state index is 11.4. The van der Waals surface area contributed by atoms with Gasteiger partial charge in [0.05, 0.1) is 0 Å². The van der Waals surface area contributed by atoms with E-state index < -0.39 is 18.0 Å². The van der Waals surface area contributed by atoms with E-state index in [-0.39, 0.29) is 18.4 Å². The standard InChI is InChI=1S/C11H21N3O4/c1-4-7(2)9(10(16)17)14-11(18)13-6-5-12-8(3)15/h7,9H,4-6H2,1-3H3,(H,12,15)(H,16,17)(H2,13,14,18)/t7?,9-/m0/s1. The van der Waals surface area contributed by atoms with Crippen molar-refractivity contribution in [3.05, 3.63) is 0 Å². The minimum atomic E-state index is -1.05. The number of carboxylic acids is 1. The van der Waals surface area contributed by atoms with Gasteiger partial charge in [0, 0.05) is 20.0 Å². The van der Waals surface area contributed by atoms with E-state index >= 15 is 0 Å². The number of carbonyl (C=O) groups excluding carboxylic acids is 2. The highest BCUT2D eigenvalue weighted by atomic mass is 16.4. The van der Waals surface area contributed by atoms with Crippen LogP contribution in [-0.4, -0.2) is 42.1 Å². The van der Waals surface area contributed by atoms with Gasteiger partial charge in [0.1, 0.15) is 6.04 Å². The molecule has 0 aromatic heterocycles. The number of carbonyl (C=O) groups is 3. The van der Waals surface area contributed by atoms with Crippen molar-refractivity contribution in [1.29, 1.82) is 0 Å². The molecule has 0 spiro atoms. The summed E-state index contributed by atoms with van der Waals surface area (Å²) in [5, 5.41) is 16.3. The lowest BCUT2D eigenvalue weighted by Gasteiger charge is -2.20. The van der Waals surface area contributed by atoms with Gasteiger partial charge in [0.2, 0.25) is 5.91 Å². The summed E-state index contributed by atoms with van der Waals surface area (Å²) < 4.78 is 0. The first-order chi connectivity index (χ1) is 8.38. The Hall–Kier alpha value is -1.79. The number of hydrogen-bond donors (Lipinski definition) is 4. The molecule has 7 nitrogen and oxygen atoms in total. The summed E-state index contributed by atoms with van der Waals surface area (Å²) in [6, 6.07) is -1.45. The Balaban J connectivity index is 4.03. The Morgan fingerprint density at radius 2 is 1.72 bits per heavy atom. The van der Waals surface area contributed by atoms with Gasteiger partial charge in [-0.05, 0) is 5.92 Å². The van der Waals surface area contributed by atoms with Gasteiger partial charge in [-0.15, -0.1) is 0 Å². The fourth-order valence-electron chi connectivity index (χ4n) is 1.29. The molecule has 7 heteroatoms. The zero-order chi connectivity index (χ0) is 14.1. The van der Waals surface area contributed by atoms with Crippen molar-refractivity contribution < 1.29 is 19.5 Å². The van der Waals surface area contributed by atoms with E-state index in [9.17, 15) is 14.4 Å². The minimum Gasteiger partial charge on any atom is -0.480 e. The second-order valence-electron chi connectivity index (χ2n) is 4.08. The first kappa shape index (κ1) is 16.2. The summed E-state index contributed by atoms with van der Waals surface area (Å²) in [7, 11) is 0. The number of carboxylic acid groups (broad SMARTS) is 1. The minimum absolute atomic E-state index is 0.149. The van der Waals surface area contributed by atoms with Crippen LogP contribution in [0.4, 0.5) is 4.79 Å². The molecule has 104 valence electrons. The molecule has 1 unspecified atom stereocenters. The highest BCUT2D eigenvalue weighted by Gasteiger charge is 2.24. The molecular formula is C11H21N3O4. The van der Waals surface area contributed by atoms with Crippen LogP contribution in [0.2, 0.25) is 0 Å². The van der Waals surface area contributed by atoms with E-state index in [0.29, 0.717) is 13.0 Å². The lowest BCUT2D eigenvalue weighted by Crippen LogP contribution is -2.50. The van der Waals surface area contributed by atoms with Crippen LogP contribution in [0.5, 0.6) is 0 Å². The molecule has 0 heterocycles. The molecular weight excluding hydrogens is 238 g/mol. The maximum Gasteiger partial charge on any atom is 0.326 e. The van der Waals surface area contributed by atoms with Crippen LogP contribution >= 0.6 is 0 Å². The fraction of sp³-hybridized carbons (Fsp3) is 0.727. The van der Waals surface area contributed by atoms with Crippen molar-refractivity contribution in [2.45, 2.75) is 33.2 Å². The van der Waals surface area contributed by atoms with Crippen molar-refractivity contribution >= 4 is 17.9 Å². The molecule has 2 atom stereocenters. The molecule has 0 saturated heterocycles. The normalized spacial score (nSPS) is 13.3. The summed E-state index contributed by atoms with van der Waals surface area (Å²) in [6.45, 7) is 5.55. The second-order valence-corrected chi connectivity index (χ2v) is 4.08. The maximum absolute atomic E-state index is 11.4. The first-order valence-corrected chi connectivity index (χ1v) is 5.90. The number of aliphatic carboxylic acids is 1. The molecule has 0 rings (SSSR count). The molecule has 0 aliphatic heterocycles. The molecule has 0 aliphatic carbocycles. The molecule has 0 fully saturated rings. The van der Waals surface area contributed by atoms with Crippen molar-refractivity contribution in [3.63, 3.8) is 0 Å². The van der Waals surface area contributed by atoms with Crippen LogP contribution in [0.1, 0.15) is 27.2 Å². The molecule has 0 bridgehead atoms. The Morgan fingerprint density at radius 1 is 1.17 bits per heavy atom. The lowest BCUT2D eigenvalue weighted by atomic mass is 9.99. The monoisotopic (exact) mass is 259 g/mol. The Labute approximate surface area is 106 Å². The molecule has 18 heavy (non-hydrogen) atoms. The number of amides is 3. The zero-order valence-electron chi connectivity index (χ0n) is 10.9. The predicted molar refractivity (Wildman–Crippen MR) is 66.1 cm³/mol. The largest absolute Gasteiger partial charge is 0.480 e. The van der Waals surface area contributed by atoms with Crippen molar-refractivity contribution in [3.8, 4) is 0 Å². The van der Waals surface area contributed by atoms with E-state index in [1.165, 1.54) is 6.92 Å². The van der Waals surface area contributed by atoms with Gasteiger partial charge < -0.3 is 21.1 Å². The fourth-order valence-corrected chi connectivity index (χ4v) is 1.29. The van der Waals surface area contributed by atoms with E-state index in [1.54, 1.807) is 6.92 Å². The SMILES string of the molecule is CCC(C)[C@H](NC(=O)NCCNC(C)=O)C(=O)O. The lowest BCUT2D eigenvalue weighted by molar-refractivity contribution is -0.140. The van der Waals surface area contributed by atoms with Gasteiger partial charge in [0.25, 0.3) is 0 Å². The molecule has 3 amide bonds. The molecule has 0 saturated carbocycles. The smallest absolute Gasteiger partial charge is 0.326 e.